The largest absolute Gasteiger partial charge is 0.493 e. The lowest BCUT2D eigenvalue weighted by molar-refractivity contribution is -0.130. The number of aromatic nitrogens is 1. The van der Waals surface area contributed by atoms with E-state index in [9.17, 15) is 4.79 Å². The van der Waals surface area contributed by atoms with Crippen molar-refractivity contribution in [2.24, 2.45) is 0 Å². The number of fused-ring (bicyclic) bond motifs is 3. The van der Waals surface area contributed by atoms with E-state index in [0.717, 1.165) is 23.2 Å². The van der Waals surface area contributed by atoms with Crippen molar-refractivity contribution >= 4 is 16.8 Å². The molecule has 5 nitrogen and oxygen atoms in total. The molecule has 0 aliphatic carbocycles. The predicted molar refractivity (Wildman–Crippen MR) is 101 cm³/mol. The minimum absolute atomic E-state index is 0.0455. The zero-order valence-corrected chi connectivity index (χ0v) is 15.2. The van der Waals surface area contributed by atoms with Crippen LogP contribution in [0.5, 0.6) is 11.5 Å². The summed E-state index contributed by atoms with van der Waals surface area (Å²) in [5.41, 5.74) is 4.34. The number of ether oxygens (including phenoxy) is 2. The summed E-state index contributed by atoms with van der Waals surface area (Å²) in [5, 5.41) is 1.22. The Morgan fingerprint density at radius 1 is 1.12 bits per heavy atom. The average molecular weight is 350 g/mol. The van der Waals surface area contributed by atoms with E-state index in [1.54, 1.807) is 21.1 Å². The third-order valence-electron chi connectivity index (χ3n) is 5.17. The number of hydrogen-bond acceptors (Lipinski definition) is 3. The van der Waals surface area contributed by atoms with Crippen molar-refractivity contribution in [2.45, 2.75) is 19.4 Å². The molecule has 0 unspecified atom stereocenters. The van der Waals surface area contributed by atoms with Crippen LogP contribution >= 0.6 is 0 Å². The van der Waals surface area contributed by atoms with E-state index in [2.05, 4.69) is 23.2 Å². The van der Waals surface area contributed by atoms with Gasteiger partial charge in [0.15, 0.2) is 11.5 Å². The van der Waals surface area contributed by atoms with Crippen LogP contribution in [0.4, 0.5) is 0 Å². The summed E-state index contributed by atoms with van der Waals surface area (Å²) in [4.78, 5) is 17.8. The van der Waals surface area contributed by atoms with Gasteiger partial charge in [-0.1, -0.05) is 30.3 Å². The highest BCUT2D eigenvalue weighted by Gasteiger charge is 2.35. The molecule has 134 valence electrons. The smallest absolute Gasteiger partial charge is 0.220 e. The van der Waals surface area contributed by atoms with Crippen molar-refractivity contribution in [2.75, 3.05) is 20.8 Å². The molecule has 1 amide bonds. The van der Waals surface area contributed by atoms with Crippen molar-refractivity contribution < 1.29 is 14.3 Å². The number of methoxy groups -OCH3 is 2. The molecular formula is C21H22N2O3. The van der Waals surface area contributed by atoms with Gasteiger partial charge < -0.3 is 19.4 Å². The molecular weight excluding hydrogens is 328 g/mol. The molecule has 0 fully saturated rings. The summed E-state index contributed by atoms with van der Waals surface area (Å²) < 4.78 is 11.1. The van der Waals surface area contributed by atoms with Crippen molar-refractivity contribution in [3.63, 3.8) is 0 Å². The number of carbonyl (C=O) groups is 1. The van der Waals surface area contributed by atoms with Gasteiger partial charge in [0, 0.05) is 35.6 Å². The molecule has 1 N–H and O–H groups in total. The summed E-state index contributed by atoms with van der Waals surface area (Å²) >= 11 is 0. The molecule has 2 heterocycles. The number of carbonyl (C=O) groups excluding carboxylic acids is 1. The maximum Gasteiger partial charge on any atom is 0.220 e. The zero-order chi connectivity index (χ0) is 18.3. The fourth-order valence-electron chi connectivity index (χ4n) is 4.03. The normalized spacial score (nSPS) is 16.4. The minimum atomic E-state index is -0.228. The molecule has 0 saturated heterocycles. The van der Waals surface area contributed by atoms with E-state index in [1.807, 2.05) is 29.2 Å². The third-order valence-corrected chi connectivity index (χ3v) is 5.17. The number of amides is 1. The van der Waals surface area contributed by atoms with Crippen molar-refractivity contribution in [1.29, 1.82) is 0 Å². The topological polar surface area (TPSA) is 54.6 Å². The number of nitrogens with zero attached hydrogens (tertiary/aromatic N) is 1. The van der Waals surface area contributed by atoms with Crippen LogP contribution < -0.4 is 9.47 Å². The average Bonchev–Trinajstić information content (AvgIpc) is 3.05. The number of para-hydroxylation sites is 2. The summed E-state index contributed by atoms with van der Waals surface area (Å²) in [6, 6.07) is 13.9. The van der Waals surface area contributed by atoms with E-state index < -0.39 is 0 Å². The first-order valence-corrected chi connectivity index (χ1v) is 8.73. The molecule has 0 saturated carbocycles. The second-order valence-corrected chi connectivity index (χ2v) is 6.51. The molecule has 5 heteroatoms. The fraction of sp³-hybridized carbons (Fsp3) is 0.286. The van der Waals surface area contributed by atoms with Gasteiger partial charge in [-0.2, -0.15) is 0 Å². The molecule has 0 radical (unpaired) electrons. The van der Waals surface area contributed by atoms with Gasteiger partial charge in [-0.15, -0.1) is 0 Å². The van der Waals surface area contributed by atoms with Crippen molar-refractivity contribution in [3.05, 3.63) is 59.3 Å². The molecule has 2 aromatic carbocycles. The van der Waals surface area contributed by atoms with Crippen LogP contribution in [-0.4, -0.2) is 36.6 Å². The van der Waals surface area contributed by atoms with Crippen LogP contribution in [0, 0.1) is 0 Å². The Kier molecular flexibility index (Phi) is 4.07. The van der Waals surface area contributed by atoms with Gasteiger partial charge in [-0.25, -0.2) is 0 Å². The van der Waals surface area contributed by atoms with Crippen LogP contribution in [-0.2, 0) is 11.2 Å². The lowest BCUT2D eigenvalue weighted by Gasteiger charge is -2.36. The molecule has 0 bridgehead atoms. The number of hydrogen-bond donors (Lipinski definition) is 1. The molecule has 1 aliphatic heterocycles. The Morgan fingerprint density at radius 2 is 1.92 bits per heavy atom. The lowest BCUT2D eigenvalue weighted by Crippen LogP contribution is -2.39. The predicted octanol–water partition coefficient (Wildman–Crippen LogP) is 3.68. The Labute approximate surface area is 152 Å². The van der Waals surface area contributed by atoms with E-state index >= 15 is 0 Å². The van der Waals surface area contributed by atoms with Gasteiger partial charge in [0.2, 0.25) is 5.91 Å². The van der Waals surface area contributed by atoms with Crippen LogP contribution in [0.1, 0.15) is 29.8 Å². The first-order valence-electron chi connectivity index (χ1n) is 8.73. The standard InChI is InChI=1S/C21H22N2O3/c1-13(24)23-12-11-15-14-7-4-5-9-17(14)22-19(15)20(23)16-8-6-10-18(25-2)21(16)26-3/h4-10,20,22H,11-12H2,1-3H3/t20-/m1/s1. The Morgan fingerprint density at radius 3 is 2.65 bits per heavy atom. The first kappa shape index (κ1) is 16.5. The van der Waals surface area contributed by atoms with Crippen LogP contribution in [0.3, 0.4) is 0 Å². The first-order chi connectivity index (χ1) is 12.7. The Balaban J connectivity index is 1.97. The lowest BCUT2D eigenvalue weighted by atomic mass is 9.91. The highest BCUT2D eigenvalue weighted by molar-refractivity contribution is 5.86. The van der Waals surface area contributed by atoms with E-state index in [1.165, 1.54) is 10.9 Å². The molecule has 1 aromatic heterocycles. The van der Waals surface area contributed by atoms with Crippen LogP contribution in [0.2, 0.25) is 0 Å². The third kappa shape index (κ3) is 2.43. The number of aromatic amines is 1. The summed E-state index contributed by atoms with van der Waals surface area (Å²) in [5.74, 6) is 1.37. The Hall–Kier alpha value is -2.95. The van der Waals surface area contributed by atoms with E-state index in [-0.39, 0.29) is 11.9 Å². The van der Waals surface area contributed by atoms with Gasteiger partial charge in [0.05, 0.1) is 14.2 Å². The summed E-state index contributed by atoms with van der Waals surface area (Å²) in [6.07, 6.45) is 0.835. The molecule has 4 rings (SSSR count). The van der Waals surface area contributed by atoms with Gasteiger partial charge in [0.1, 0.15) is 6.04 Å². The van der Waals surface area contributed by atoms with Crippen molar-refractivity contribution in [1.82, 2.24) is 9.88 Å². The van der Waals surface area contributed by atoms with Gasteiger partial charge in [-0.3, -0.25) is 4.79 Å². The van der Waals surface area contributed by atoms with Crippen LogP contribution in [0.25, 0.3) is 10.9 Å². The molecule has 1 atom stereocenters. The zero-order valence-electron chi connectivity index (χ0n) is 15.2. The highest BCUT2D eigenvalue weighted by atomic mass is 16.5. The number of nitrogens with one attached hydrogen (secondary N) is 1. The quantitative estimate of drug-likeness (QED) is 0.784. The SMILES string of the molecule is COc1cccc([C@@H]2c3[nH]c4ccccc4c3CCN2C(C)=O)c1OC. The van der Waals surface area contributed by atoms with E-state index in [4.69, 9.17) is 9.47 Å². The van der Waals surface area contributed by atoms with Crippen molar-refractivity contribution in [3.8, 4) is 11.5 Å². The minimum Gasteiger partial charge on any atom is -0.493 e. The van der Waals surface area contributed by atoms with Crippen LogP contribution in [0.15, 0.2) is 42.5 Å². The number of rotatable bonds is 3. The number of H-pyrrole nitrogens is 1. The Bertz CT molecular complexity index is 977. The molecule has 1 aliphatic rings. The maximum atomic E-state index is 12.4. The van der Waals surface area contributed by atoms with Gasteiger partial charge in [0.25, 0.3) is 0 Å². The van der Waals surface area contributed by atoms with Gasteiger partial charge >= 0.3 is 0 Å². The maximum absolute atomic E-state index is 12.4. The van der Waals surface area contributed by atoms with Gasteiger partial charge in [-0.05, 0) is 24.1 Å². The summed E-state index contributed by atoms with van der Waals surface area (Å²) in [6.45, 7) is 2.29. The number of benzene rings is 2. The molecule has 26 heavy (non-hydrogen) atoms. The fourth-order valence-corrected chi connectivity index (χ4v) is 4.03. The highest BCUT2D eigenvalue weighted by Crippen LogP contribution is 2.44. The molecule has 3 aromatic rings. The monoisotopic (exact) mass is 350 g/mol. The second-order valence-electron chi connectivity index (χ2n) is 6.51. The molecule has 0 spiro atoms. The second kappa shape index (κ2) is 6.41. The summed E-state index contributed by atoms with van der Waals surface area (Å²) in [7, 11) is 3.26. The van der Waals surface area contributed by atoms with E-state index in [0.29, 0.717) is 18.0 Å².